The first-order valence-corrected chi connectivity index (χ1v) is 7.86. The van der Waals surface area contributed by atoms with Gasteiger partial charge in [0.2, 0.25) is 5.88 Å². The van der Waals surface area contributed by atoms with E-state index < -0.39 is 11.4 Å². The average molecular weight is 282 g/mol. The smallest absolute Gasteiger partial charge is 0.218 e. The molecule has 2 rings (SSSR count). The summed E-state index contributed by atoms with van der Waals surface area (Å²) < 4.78 is 20.8. The zero-order chi connectivity index (χ0) is 14.0. The van der Waals surface area contributed by atoms with Crippen molar-refractivity contribution in [3.63, 3.8) is 0 Å². The normalized spacial score (nSPS) is 20.6. The van der Waals surface area contributed by atoms with Crippen molar-refractivity contribution < 1.29 is 9.29 Å². The number of nitrogens with one attached hydrogen (secondary N) is 1. The summed E-state index contributed by atoms with van der Waals surface area (Å²) >= 11 is -1.08. The van der Waals surface area contributed by atoms with Crippen LogP contribution in [0.5, 0.6) is 5.88 Å². The highest BCUT2D eigenvalue weighted by Gasteiger charge is 2.32. The first kappa shape index (κ1) is 14.6. The fourth-order valence-corrected chi connectivity index (χ4v) is 2.79. The van der Waals surface area contributed by atoms with Gasteiger partial charge in [-0.05, 0) is 38.8 Å². The standard InChI is InChI=1S/C14H22N2O2S/c1-5-10-8-11-12(16-19(17)14(2,3)4)6-7-18-13(11)15-9-10/h8-9,12,16H,5-7H2,1-4H3/t12?,19-/m1/s1. The predicted octanol–water partition coefficient (Wildman–Crippen LogP) is 2.52. The van der Waals surface area contributed by atoms with Crippen molar-refractivity contribution in [2.75, 3.05) is 6.61 Å². The average Bonchev–Trinajstić information content (AvgIpc) is 2.37. The molecule has 0 saturated heterocycles. The lowest BCUT2D eigenvalue weighted by Crippen LogP contribution is -2.42. The van der Waals surface area contributed by atoms with Gasteiger partial charge in [-0.1, -0.05) is 6.92 Å². The number of pyridine rings is 1. The summed E-state index contributed by atoms with van der Waals surface area (Å²) in [4.78, 5) is 4.35. The van der Waals surface area contributed by atoms with Crippen LogP contribution in [0.1, 0.15) is 51.3 Å². The van der Waals surface area contributed by atoms with Crippen LogP contribution in [0.4, 0.5) is 0 Å². The van der Waals surface area contributed by atoms with E-state index in [0.29, 0.717) is 12.5 Å². The van der Waals surface area contributed by atoms with Gasteiger partial charge in [0, 0.05) is 29.5 Å². The fourth-order valence-electron chi connectivity index (χ4n) is 1.94. The molecule has 0 spiro atoms. The maximum Gasteiger partial charge on any atom is 0.218 e. The zero-order valence-corrected chi connectivity index (χ0v) is 12.8. The highest BCUT2D eigenvalue weighted by Crippen LogP contribution is 2.32. The van der Waals surface area contributed by atoms with Gasteiger partial charge in [0.25, 0.3) is 0 Å². The Balaban J connectivity index is 2.21. The molecule has 2 atom stereocenters. The minimum Gasteiger partial charge on any atom is -0.598 e. The van der Waals surface area contributed by atoms with Crippen molar-refractivity contribution in [2.45, 2.75) is 51.3 Å². The quantitative estimate of drug-likeness (QED) is 0.866. The van der Waals surface area contributed by atoms with E-state index in [4.69, 9.17) is 4.74 Å². The van der Waals surface area contributed by atoms with Crippen molar-refractivity contribution in [3.05, 3.63) is 23.4 Å². The number of aromatic nitrogens is 1. The molecule has 106 valence electrons. The third-order valence-corrected chi connectivity index (χ3v) is 4.78. The van der Waals surface area contributed by atoms with E-state index in [1.807, 2.05) is 27.0 Å². The van der Waals surface area contributed by atoms with Crippen LogP contribution in [0.2, 0.25) is 0 Å². The van der Waals surface area contributed by atoms with E-state index in [0.717, 1.165) is 18.4 Å². The summed E-state index contributed by atoms with van der Waals surface area (Å²) in [7, 11) is 0. The van der Waals surface area contributed by atoms with Crippen LogP contribution in [0, 0.1) is 0 Å². The van der Waals surface area contributed by atoms with Crippen molar-refractivity contribution in [3.8, 4) is 5.88 Å². The number of fused-ring (bicyclic) bond motifs is 1. The second kappa shape index (κ2) is 5.69. The highest BCUT2D eigenvalue weighted by atomic mass is 32.2. The van der Waals surface area contributed by atoms with E-state index in [-0.39, 0.29) is 10.8 Å². The van der Waals surface area contributed by atoms with Crippen LogP contribution < -0.4 is 9.46 Å². The van der Waals surface area contributed by atoms with Crippen LogP contribution in [0.15, 0.2) is 12.3 Å². The monoisotopic (exact) mass is 282 g/mol. The third kappa shape index (κ3) is 3.41. The number of hydrogen-bond donors (Lipinski definition) is 1. The Hall–Kier alpha value is -0.780. The Morgan fingerprint density at radius 3 is 2.89 bits per heavy atom. The molecule has 19 heavy (non-hydrogen) atoms. The van der Waals surface area contributed by atoms with Gasteiger partial charge < -0.3 is 9.29 Å². The molecule has 0 aliphatic carbocycles. The SMILES string of the molecule is CCc1cnc2c(c1)C(N[S@+]([O-])C(C)(C)C)CCO2. The van der Waals surface area contributed by atoms with Gasteiger partial charge in [-0.2, -0.15) is 0 Å². The van der Waals surface area contributed by atoms with E-state index in [1.165, 1.54) is 5.56 Å². The summed E-state index contributed by atoms with van der Waals surface area (Å²) in [6.45, 7) is 8.62. The van der Waals surface area contributed by atoms with Crippen LogP contribution in [-0.2, 0) is 17.8 Å². The molecular weight excluding hydrogens is 260 g/mol. The number of ether oxygens (including phenoxy) is 1. The molecule has 0 fully saturated rings. The fraction of sp³-hybridized carbons (Fsp3) is 0.643. The van der Waals surface area contributed by atoms with Crippen LogP contribution >= 0.6 is 0 Å². The van der Waals surface area contributed by atoms with Crippen molar-refractivity contribution >= 4 is 11.4 Å². The predicted molar refractivity (Wildman–Crippen MR) is 77.5 cm³/mol. The van der Waals surface area contributed by atoms with Gasteiger partial charge >= 0.3 is 0 Å². The number of hydrogen-bond acceptors (Lipinski definition) is 4. The van der Waals surface area contributed by atoms with Crippen molar-refractivity contribution in [1.29, 1.82) is 0 Å². The second-order valence-electron chi connectivity index (χ2n) is 5.78. The maximum absolute atomic E-state index is 12.2. The van der Waals surface area contributed by atoms with Crippen LogP contribution in [0.3, 0.4) is 0 Å². The molecule has 5 heteroatoms. The largest absolute Gasteiger partial charge is 0.598 e. The molecule has 0 bridgehead atoms. The number of aryl methyl sites for hydroxylation is 1. The number of nitrogens with zero attached hydrogens (tertiary/aromatic N) is 1. The summed E-state index contributed by atoms with van der Waals surface area (Å²) in [5, 5.41) is 0. The number of rotatable bonds is 3. The molecule has 1 N–H and O–H groups in total. The van der Waals surface area contributed by atoms with Gasteiger partial charge in [-0.15, -0.1) is 4.72 Å². The van der Waals surface area contributed by atoms with Gasteiger partial charge in [0.05, 0.1) is 12.6 Å². The molecule has 1 aliphatic heterocycles. The Kier molecular flexibility index (Phi) is 4.38. The van der Waals surface area contributed by atoms with Gasteiger partial charge in [-0.25, -0.2) is 4.98 Å². The Morgan fingerprint density at radius 2 is 2.26 bits per heavy atom. The molecule has 1 aliphatic rings. The lowest BCUT2D eigenvalue weighted by molar-refractivity contribution is 0.251. The Morgan fingerprint density at radius 1 is 1.53 bits per heavy atom. The molecule has 0 radical (unpaired) electrons. The van der Waals surface area contributed by atoms with E-state index >= 15 is 0 Å². The summed E-state index contributed by atoms with van der Waals surface area (Å²) in [5.41, 5.74) is 2.21. The van der Waals surface area contributed by atoms with Crippen molar-refractivity contribution in [2.24, 2.45) is 0 Å². The van der Waals surface area contributed by atoms with Crippen LogP contribution in [0.25, 0.3) is 0 Å². The second-order valence-corrected chi connectivity index (χ2v) is 7.78. The minimum absolute atomic E-state index is 0.0582. The summed E-state index contributed by atoms with van der Waals surface area (Å²) in [5.74, 6) is 0.673. The van der Waals surface area contributed by atoms with E-state index in [2.05, 4.69) is 22.7 Å². The Labute approximate surface area is 118 Å². The van der Waals surface area contributed by atoms with Crippen molar-refractivity contribution in [1.82, 2.24) is 9.71 Å². The first-order chi connectivity index (χ1) is 8.91. The van der Waals surface area contributed by atoms with Gasteiger partial charge in [0.15, 0.2) is 0 Å². The topological polar surface area (TPSA) is 57.2 Å². The molecule has 4 nitrogen and oxygen atoms in total. The first-order valence-electron chi connectivity index (χ1n) is 6.71. The lowest BCUT2D eigenvalue weighted by atomic mass is 10.0. The lowest BCUT2D eigenvalue weighted by Gasteiger charge is -2.30. The molecule has 0 aromatic carbocycles. The third-order valence-electron chi connectivity index (χ3n) is 3.17. The molecule has 1 aromatic heterocycles. The summed E-state index contributed by atoms with van der Waals surface area (Å²) in [6.07, 6.45) is 3.61. The molecule has 1 aromatic rings. The van der Waals surface area contributed by atoms with Gasteiger partial charge in [-0.3, -0.25) is 0 Å². The molecular formula is C14H22N2O2S. The Bertz CT molecular complexity index is 446. The zero-order valence-electron chi connectivity index (χ0n) is 12.0. The molecule has 0 saturated carbocycles. The van der Waals surface area contributed by atoms with Crippen LogP contribution in [-0.4, -0.2) is 20.9 Å². The highest BCUT2D eigenvalue weighted by molar-refractivity contribution is 7.90. The summed E-state index contributed by atoms with van der Waals surface area (Å²) in [6, 6.07) is 2.17. The minimum atomic E-state index is -1.08. The molecule has 2 heterocycles. The van der Waals surface area contributed by atoms with E-state index in [1.54, 1.807) is 0 Å². The molecule has 1 unspecified atom stereocenters. The maximum atomic E-state index is 12.2. The molecule has 0 amide bonds. The van der Waals surface area contributed by atoms with E-state index in [9.17, 15) is 4.55 Å². The van der Waals surface area contributed by atoms with Gasteiger partial charge in [0.1, 0.15) is 4.75 Å².